The van der Waals surface area contributed by atoms with Crippen LogP contribution in [0.25, 0.3) is 0 Å². The Morgan fingerprint density at radius 1 is 1.04 bits per heavy atom. The van der Waals surface area contributed by atoms with Gasteiger partial charge in [-0.2, -0.15) is 0 Å². The monoisotopic (exact) mass is 339 g/mol. The molecule has 2 unspecified atom stereocenters. The van der Waals surface area contributed by atoms with Crippen LogP contribution < -0.4 is 10.4 Å². The number of H-pyrrole nitrogens is 1. The first kappa shape index (κ1) is 15.1. The Morgan fingerprint density at radius 3 is 2.58 bits per heavy atom. The zero-order chi connectivity index (χ0) is 16.5. The largest absolute Gasteiger partial charge is 0.508 e. The molecular formula is C19H18ClN3O. The number of phenolic OH excluding ortho intramolecular Hbond substituents is 1. The molecule has 0 amide bonds. The van der Waals surface area contributed by atoms with E-state index >= 15 is 0 Å². The fourth-order valence-electron chi connectivity index (χ4n) is 3.26. The maximum Gasteiger partial charge on any atom is 0.115 e. The highest BCUT2D eigenvalue weighted by Crippen LogP contribution is 2.40. The maximum absolute atomic E-state index is 9.57. The van der Waals surface area contributed by atoms with Gasteiger partial charge in [0.1, 0.15) is 5.75 Å². The van der Waals surface area contributed by atoms with Gasteiger partial charge >= 0.3 is 0 Å². The highest BCUT2D eigenvalue weighted by atomic mass is 35.5. The molecule has 5 heteroatoms. The highest BCUT2D eigenvalue weighted by Gasteiger charge is 2.34. The van der Waals surface area contributed by atoms with E-state index in [-0.39, 0.29) is 17.8 Å². The zero-order valence-corrected chi connectivity index (χ0v) is 13.7. The lowest BCUT2D eigenvalue weighted by Gasteiger charge is -2.27. The van der Waals surface area contributed by atoms with Crippen LogP contribution in [-0.4, -0.2) is 10.1 Å². The average Bonchev–Trinajstić information content (AvgIpc) is 3.25. The topological polar surface area (TPSA) is 51.3 Å². The minimum Gasteiger partial charge on any atom is -0.508 e. The van der Waals surface area contributed by atoms with Gasteiger partial charge in [-0.25, -0.2) is 5.43 Å². The van der Waals surface area contributed by atoms with E-state index in [0.29, 0.717) is 5.02 Å². The Morgan fingerprint density at radius 2 is 1.88 bits per heavy atom. The van der Waals surface area contributed by atoms with Crippen LogP contribution in [0.5, 0.6) is 5.75 Å². The van der Waals surface area contributed by atoms with Crippen molar-refractivity contribution in [1.82, 2.24) is 10.4 Å². The number of aromatic nitrogens is 1. The molecule has 0 spiro atoms. The van der Waals surface area contributed by atoms with Crippen molar-refractivity contribution in [3.05, 3.63) is 83.1 Å². The summed E-state index contributed by atoms with van der Waals surface area (Å²) in [5.74, 6) is 0.278. The molecule has 0 radical (unpaired) electrons. The third kappa shape index (κ3) is 2.86. The summed E-state index contributed by atoms with van der Waals surface area (Å²) in [6, 6.07) is 19.7. The number of hydrogen-bond donors (Lipinski definition) is 3. The van der Waals surface area contributed by atoms with E-state index in [0.717, 1.165) is 23.4 Å². The lowest BCUT2D eigenvalue weighted by Crippen LogP contribution is -2.34. The summed E-state index contributed by atoms with van der Waals surface area (Å²) in [6.07, 6.45) is 2.85. The van der Waals surface area contributed by atoms with Gasteiger partial charge in [-0.1, -0.05) is 29.8 Å². The number of hydrazine groups is 1. The van der Waals surface area contributed by atoms with E-state index in [1.54, 1.807) is 12.1 Å². The molecule has 3 aromatic rings. The van der Waals surface area contributed by atoms with Gasteiger partial charge in [0.15, 0.2) is 0 Å². The Hall–Kier alpha value is -2.43. The summed E-state index contributed by atoms with van der Waals surface area (Å²) in [5.41, 5.74) is 6.91. The Balaban J connectivity index is 1.71. The van der Waals surface area contributed by atoms with Crippen LogP contribution in [0.2, 0.25) is 5.02 Å². The molecule has 0 bridgehead atoms. The summed E-state index contributed by atoms with van der Waals surface area (Å²) < 4.78 is 0. The van der Waals surface area contributed by atoms with Crippen LogP contribution in [0.1, 0.15) is 29.8 Å². The second-order valence-electron chi connectivity index (χ2n) is 6.00. The summed E-state index contributed by atoms with van der Waals surface area (Å²) in [5, 5.41) is 12.4. The van der Waals surface area contributed by atoms with Crippen LogP contribution in [0, 0.1) is 0 Å². The predicted octanol–water partition coefficient (Wildman–Crippen LogP) is 4.57. The van der Waals surface area contributed by atoms with Gasteiger partial charge in [-0.15, -0.1) is 0 Å². The normalized spacial score (nSPS) is 20.5. The molecule has 2 atom stereocenters. The lowest BCUT2D eigenvalue weighted by molar-refractivity contribution is 0.474. The number of nitrogens with one attached hydrogen (secondary N) is 2. The van der Waals surface area contributed by atoms with Crippen molar-refractivity contribution in [2.75, 3.05) is 5.01 Å². The number of phenols is 1. The number of aromatic amines is 1. The second-order valence-corrected chi connectivity index (χ2v) is 6.44. The fourth-order valence-corrected chi connectivity index (χ4v) is 3.44. The standard InChI is InChI=1S/C19H18ClN3O/c20-14-3-1-4-15(11-14)23-19(13-6-8-16(24)9-7-13)12-18(22-23)17-5-2-10-21-17/h1-11,18-19,21-22,24H,12H2. The van der Waals surface area contributed by atoms with E-state index in [4.69, 9.17) is 11.6 Å². The average molecular weight is 340 g/mol. The number of anilines is 1. The van der Waals surface area contributed by atoms with Gasteiger partial charge in [-0.05, 0) is 54.4 Å². The van der Waals surface area contributed by atoms with Gasteiger partial charge in [0.2, 0.25) is 0 Å². The van der Waals surface area contributed by atoms with Crippen LogP contribution in [0.3, 0.4) is 0 Å². The van der Waals surface area contributed by atoms with Crippen LogP contribution in [0.15, 0.2) is 66.9 Å². The number of rotatable bonds is 3. The van der Waals surface area contributed by atoms with Gasteiger partial charge in [0, 0.05) is 16.9 Å². The van der Waals surface area contributed by atoms with Gasteiger partial charge in [0.05, 0.1) is 17.8 Å². The molecule has 1 aliphatic heterocycles. The molecule has 1 aliphatic rings. The number of nitrogens with zero attached hydrogens (tertiary/aromatic N) is 1. The molecule has 4 nitrogen and oxygen atoms in total. The fraction of sp³-hybridized carbons (Fsp3) is 0.158. The Bertz CT molecular complexity index is 817. The lowest BCUT2D eigenvalue weighted by atomic mass is 9.99. The maximum atomic E-state index is 9.57. The molecule has 122 valence electrons. The molecule has 3 N–H and O–H groups in total. The SMILES string of the molecule is Oc1ccc(C2CC(c3ccc[nH]3)NN2c2cccc(Cl)c2)cc1. The number of benzene rings is 2. The number of halogens is 1. The van der Waals surface area contributed by atoms with Gasteiger partial charge < -0.3 is 15.1 Å². The van der Waals surface area contributed by atoms with E-state index in [1.807, 2.05) is 48.7 Å². The van der Waals surface area contributed by atoms with Crippen LogP contribution in [-0.2, 0) is 0 Å². The first-order valence-electron chi connectivity index (χ1n) is 7.94. The van der Waals surface area contributed by atoms with Gasteiger partial charge in [-0.3, -0.25) is 0 Å². The third-order valence-electron chi connectivity index (χ3n) is 4.43. The quantitative estimate of drug-likeness (QED) is 0.655. The first-order valence-corrected chi connectivity index (χ1v) is 8.32. The molecule has 2 aromatic carbocycles. The zero-order valence-electron chi connectivity index (χ0n) is 13.0. The van der Waals surface area contributed by atoms with E-state index in [9.17, 15) is 5.11 Å². The molecule has 24 heavy (non-hydrogen) atoms. The molecule has 2 heterocycles. The second kappa shape index (κ2) is 6.23. The molecule has 0 aliphatic carbocycles. The minimum atomic E-state index is 0.150. The first-order chi connectivity index (χ1) is 11.7. The van der Waals surface area contributed by atoms with E-state index in [2.05, 4.69) is 21.5 Å². The van der Waals surface area contributed by atoms with E-state index < -0.39 is 0 Å². The summed E-state index contributed by atoms with van der Waals surface area (Å²) in [7, 11) is 0. The van der Waals surface area contributed by atoms with Crippen molar-refractivity contribution in [3.63, 3.8) is 0 Å². The molecule has 4 rings (SSSR count). The minimum absolute atomic E-state index is 0.150. The predicted molar refractivity (Wildman–Crippen MR) is 96.1 cm³/mol. The Labute approximate surface area is 145 Å². The number of hydrogen-bond acceptors (Lipinski definition) is 3. The molecule has 1 aromatic heterocycles. The number of aromatic hydroxyl groups is 1. The van der Waals surface area contributed by atoms with Crippen molar-refractivity contribution >= 4 is 17.3 Å². The summed E-state index contributed by atoms with van der Waals surface area (Å²) in [6.45, 7) is 0. The third-order valence-corrected chi connectivity index (χ3v) is 4.66. The highest BCUT2D eigenvalue weighted by molar-refractivity contribution is 6.30. The van der Waals surface area contributed by atoms with Gasteiger partial charge in [0.25, 0.3) is 0 Å². The van der Waals surface area contributed by atoms with Crippen LogP contribution in [0.4, 0.5) is 5.69 Å². The van der Waals surface area contributed by atoms with Crippen molar-refractivity contribution in [2.24, 2.45) is 0 Å². The van der Waals surface area contributed by atoms with Crippen molar-refractivity contribution in [2.45, 2.75) is 18.5 Å². The van der Waals surface area contributed by atoms with Crippen molar-refractivity contribution in [3.8, 4) is 5.75 Å². The summed E-state index contributed by atoms with van der Waals surface area (Å²) in [4.78, 5) is 3.29. The van der Waals surface area contributed by atoms with Crippen LogP contribution >= 0.6 is 11.6 Å². The summed E-state index contributed by atoms with van der Waals surface area (Å²) >= 11 is 6.18. The molecule has 1 fully saturated rings. The Kier molecular flexibility index (Phi) is 3.92. The molecule has 1 saturated heterocycles. The van der Waals surface area contributed by atoms with E-state index in [1.165, 1.54) is 0 Å². The smallest absolute Gasteiger partial charge is 0.115 e. The molecule has 0 saturated carbocycles. The molecular weight excluding hydrogens is 322 g/mol. The van der Waals surface area contributed by atoms with Crippen molar-refractivity contribution < 1.29 is 5.11 Å². The van der Waals surface area contributed by atoms with Crippen molar-refractivity contribution in [1.29, 1.82) is 0 Å².